The first-order valence-electron chi connectivity index (χ1n) is 11.4. The SMILES string of the molecule is COc1cc(C)c2c(c1)CC[C@@H](CCCCCCCCCCCC(C)C)O2. The Morgan fingerprint density at radius 3 is 2.22 bits per heavy atom. The van der Waals surface area contributed by atoms with Crippen molar-refractivity contribution in [3.05, 3.63) is 23.3 Å². The topological polar surface area (TPSA) is 18.5 Å². The molecule has 2 heteroatoms. The quantitative estimate of drug-likeness (QED) is 0.330. The molecule has 1 aliphatic heterocycles. The monoisotopic (exact) mass is 374 g/mol. The lowest BCUT2D eigenvalue weighted by molar-refractivity contribution is 0.158. The number of hydrogen-bond acceptors (Lipinski definition) is 2. The molecular formula is C25H42O2. The van der Waals surface area contributed by atoms with Crippen LogP contribution in [0.1, 0.15) is 102 Å². The van der Waals surface area contributed by atoms with E-state index < -0.39 is 0 Å². The second-order valence-electron chi connectivity index (χ2n) is 8.86. The van der Waals surface area contributed by atoms with E-state index in [1.165, 1.54) is 81.8 Å². The van der Waals surface area contributed by atoms with E-state index in [4.69, 9.17) is 9.47 Å². The molecule has 1 aromatic carbocycles. The van der Waals surface area contributed by atoms with Crippen LogP contribution >= 0.6 is 0 Å². The smallest absolute Gasteiger partial charge is 0.126 e. The maximum absolute atomic E-state index is 6.31. The van der Waals surface area contributed by atoms with Crippen LogP contribution in [0.2, 0.25) is 0 Å². The Morgan fingerprint density at radius 2 is 1.59 bits per heavy atom. The second-order valence-corrected chi connectivity index (χ2v) is 8.86. The van der Waals surface area contributed by atoms with Gasteiger partial charge in [0.25, 0.3) is 0 Å². The van der Waals surface area contributed by atoms with Gasteiger partial charge < -0.3 is 9.47 Å². The van der Waals surface area contributed by atoms with Crippen molar-refractivity contribution in [1.29, 1.82) is 0 Å². The van der Waals surface area contributed by atoms with Crippen molar-refractivity contribution in [3.63, 3.8) is 0 Å². The zero-order chi connectivity index (χ0) is 19.5. The van der Waals surface area contributed by atoms with Gasteiger partial charge in [-0.15, -0.1) is 0 Å². The minimum absolute atomic E-state index is 0.408. The lowest BCUT2D eigenvalue weighted by Crippen LogP contribution is -2.23. The summed E-state index contributed by atoms with van der Waals surface area (Å²) in [5.41, 5.74) is 2.53. The molecule has 1 heterocycles. The molecule has 154 valence electrons. The van der Waals surface area contributed by atoms with Crippen molar-refractivity contribution >= 4 is 0 Å². The fourth-order valence-electron chi connectivity index (χ4n) is 4.19. The van der Waals surface area contributed by atoms with E-state index in [9.17, 15) is 0 Å². The van der Waals surface area contributed by atoms with Crippen LogP contribution in [0.15, 0.2) is 12.1 Å². The summed E-state index contributed by atoms with van der Waals surface area (Å²) in [6.07, 6.45) is 17.9. The molecule has 0 N–H and O–H groups in total. The Balaban J connectivity index is 1.51. The molecule has 0 spiro atoms. The number of rotatable bonds is 13. The number of aryl methyl sites for hydroxylation is 2. The summed E-state index contributed by atoms with van der Waals surface area (Å²) in [4.78, 5) is 0. The van der Waals surface area contributed by atoms with Gasteiger partial charge in [-0.3, -0.25) is 0 Å². The number of fused-ring (bicyclic) bond motifs is 1. The van der Waals surface area contributed by atoms with E-state index in [-0.39, 0.29) is 0 Å². The molecule has 1 aliphatic rings. The van der Waals surface area contributed by atoms with Crippen molar-refractivity contribution in [2.45, 2.75) is 110 Å². The molecular weight excluding hydrogens is 332 g/mol. The van der Waals surface area contributed by atoms with Gasteiger partial charge in [0.15, 0.2) is 0 Å². The summed E-state index contributed by atoms with van der Waals surface area (Å²) in [5, 5.41) is 0. The molecule has 0 aliphatic carbocycles. The number of methoxy groups -OCH3 is 1. The van der Waals surface area contributed by atoms with Crippen LogP contribution in [-0.2, 0) is 6.42 Å². The van der Waals surface area contributed by atoms with Crippen LogP contribution in [0.5, 0.6) is 11.5 Å². The summed E-state index contributed by atoms with van der Waals surface area (Å²) in [7, 11) is 1.74. The van der Waals surface area contributed by atoms with Gasteiger partial charge in [0, 0.05) is 0 Å². The molecule has 0 saturated heterocycles. The molecule has 27 heavy (non-hydrogen) atoms. The minimum Gasteiger partial charge on any atom is -0.497 e. The van der Waals surface area contributed by atoms with Gasteiger partial charge in [-0.05, 0) is 61.8 Å². The van der Waals surface area contributed by atoms with Crippen LogP contribution in [0.25, 0.3) is 0 Å². The molecule has 2 nitrogen and oxygen atoms in total. The first-order chi connectivity index (χ1) is 13.1. The maximum Gasteiger partial charge on any atom is 0.126 e. The third kappa shape index (κ3) is 8.15. The maximum atomic E-state index is 6.31. The molecule has 0 bridgehead atoms. The van der Waals surface area contributed by atoms with Crippen molar-refractivity contribution in [2.24, 2.45) is 5.92 Å². The predicted octanol–water partition coefficient (Wildman–Crippen LogP) is 7.64. The Bertz CT molecular complexity index is 535. The summed E-state index contributed by atoms with van der Waals surface area (Å²) in [6.45, 7) is 6.79. The van der Waals surface area contributed by atoms with E-state index in [0.29, 0.717) is 6.10 Å². The molecule has 0 fully saturated rings. The van der Waals surface area contributed by atoms with Crippen LogP contribution in [0.4, 0.5) is 0 Å². The zero-order valence-electron chi connectivity index (χ0n) is 18.3. The zero-order valence-corrected chi connectivity index (χ0v) is 18.3. The molecule has 2 rings (SSSR count). The third-order valence-electron chi connectivity index (χ3n) is 5.89. The highest BCUT2D eigenvalue weighted by Crippen LogP contribution is 2.35. The Labute approximate surface area is 168 Å². The lowest BCUT2D eigenvalue weighted by Gasteiger charge is -2.28. The second kappa shape index (κ2) is 12.3. The normalized spacial score (nSPS) is 16.3. The first-order valence-corrected chi connectivity index (χ1v) is 11.4. The minimum atomic E-state index is 0.408. The number of hydrogen-bond donors (Lipinski definition) is 0. The molecule has 0 saturated carbocycles. The van der Waals surface area contributed by atoms with Crippen LogP contribution < -0.4 is 9.47 Å². The van der Waals surface area contributed by atoms with E-state index in [2.05, 4.69) is 32.9 Å². The van der Waals surface area contributed by atoms with Gasteiger partial charge in [0.1, 0.15) is 11.5 Å². The van der Waals surface area contributed by atoms with E-state index >= 15 is 0 Å². The summed E-state index contributed by atoms with van der Waals surface area (Å²) in [5.74, 6) is 2.94. The number of ether oxygens (including phenoxy) is 2. The Kier molecular flexibility index (Phi) is 10.1. The van der Waals surface area contributed by atoms with Gasteiger partial charge in [0.2, 0.25) is 0 Å². The van der Waals surface area contributed by atoms with Crippen LogP contribution in [0.3, 0.4) is 0 Å². The summed E-state index contributed by atoms with van der Waals surface area (Å²) in [6, 6.07) is 4.23. The van der Waals surface area contributed by atoms with E-state index in [0.717, 1.165) is 30.3 Å². The highest BCUT2D eigenvalue weighted by molar-refractivity contribution is 5.47. The predicted molar refractivity (Wildman–Crippen MR) is 116 cm³/mol. The standard InChI is InChI=1S/C25H42O2/c1-20(2)14-12-10-8-6-5-7-9-11-13-15-23-17-16-22-19-24(26-4)18-21(3)25(22)27-23/h18-20,23H,5-17H2,1-4H3/t23-/m1/s1. The number of benzene rings is 1. The highest BCUT2D eigenvalue weighted by Gasteiger charge is 2.21. The van der Waals surface area contributed by atoms with Gasteiger partial charge in [-0.25, -0.2) is 0 Å². The fraction of sp³-hybridized carbons (Fsp3) is 0.760. The third-order valence-corrected chi connectivity index (χ3v) is 5.89. The molecule has 0 aromatic heterocycles. The molecule has 0 unspecified atom stereocenters. The van der Waals surface area contributed by atoms with Crippen molar-refractivity contribution in [3.8, 4) is 11.5 Å². The average molecular weight is 375 g/mol. The van der Waals surface area contributed by atoms with Crippen molar-refractivity contribution < 1.29 is 9.47 Å². The molecule has 1 atom stereocenters. The van der Waals surface area contributed by atoms with Gasteiger partial charge in [0.05, 0.1) is 13.2 Å². The van der Waals surface area contributed by atoms with Gasteiger partial charge in [-0.1, -0.05) is 71.6 Å². The largest absolute Gasteiger partial charge is 0.497 e. The van der Waals surface area contributed by atoms with Crippen molar-refractivity contribution in [1.82, 2.24) is 0 Å². The van der Waals surface area contributed by atoms with Crippen LogP contribution in [0, 0.1) is 12.8 Å². The summed E-state index contributed by atoms with van der Waals surface area (Å²) < 4.78 is 11.7. The number of unbranched alkanes of at least 4 members (excludes halogenated alkanes) is 8. The van der Waals surface area contributed by atoms with E-state index in [1.54, 1.807) is 7.11 Å². The van der Waals surface area contributed by atoms with Crippen LogP contribution in [-0.4, -0.2) is 13.2 Å². The Morgan fingerprint density at radius 1 is 0.963 bits per heavy atom. The van der Waals surface area contributed by atoms with Gasteiger partial charge in [-0.2, -0.15) is 0 Å². The first kappa shape index (κ1) is 22.1. The molecule has 1 aromatic rings. The average Bonchev–Trinajstić information content (AvgIpc) is 2.66. The van der Waals surface area contributed by atoms with E-state index in [1.807, 2.05) is 0 Å². The van der Waals surface area contributed by atoms with Crippen molar-refractivity contribution in [2.75, 3.05) is 7.11 Å². The highest BCUT2D eigenvalue weighted by atomic mass is 16.5. The lowest BCUT2D eigenvalue weighted by atomic mass is 9.96. The van der Waals surface area contributed by atoms with Gasteiger partial charge >= 0.3 is 0 Å². The Hall–Kier alpha value is -1.18. The summed E-state index contributed by atoms with van der Waals surface area (Å²) >= 11 is 0. The fourth-order valence-corrected chi connectivity index (χ4v) is 4.19. The molecule has 0 radical (unpaired) electrons. The molecule has 0 amide bonds.